The molecule has 1 aromatic heterocycles. The number of alkyl halides is 12. The van der Waals surface area contributed by atoms with Crippen LogP contribution in [0.25, 0.3) is 0 Å². The van der Waals surface area contributed by atoms with Crippen molar-refractivity contribution in [3.63, 3.8) is 0 Å². The molecule has 0 amide bonds. The van der Waals surface area contributed by atoms with Crippen molar-refractivity contribution in [3.8, 4) is 5.75 Å². The molecule has 2 unspecified atom stereocenters. The van der Waals surface area contributed by atoms with Gasteiger partial charge in [-0.2, -0.15) is 44.6 Å². The predicted molar refractivity (Wildman–Crippen MR) is 528 cm³/mol. The van der Waals surface area contributed by atoms with Crippen LogP contribution >= 0.6 is 46.6 Å². The Balaban J connectivity index is 0.000000740. The molecule has 5 nitrogen and oxygen atoms in total. The summed E-state index contributed by atoms with van der Waals surface area (Å²) in [5, 5.41) is 4.09. The van der Waals surface area contributed by atoms with Crippen LogP contribution in [0, 0.1) is 89.2 Å². The van der Waals surface area contributed by atoms with Crippen LogP contribution in [0.2, 0.25) is 15.1 Å². The molecule has 0 bridgehead atoms. The van der Waals surface area contributed by atoms with E-state index in [9.17, 15) is 65.5 Å². The molecule has 9 aromatic rings. The normalized spacial score (nSPS) is 12.9. The maximum absolute atomic E-state index is 12.9. The molecule has 734 valence electrons. The van der Waals surface area contributed by atoms with Crippen LogP contribution in [0.5, 0.6) is 5.75 Å². The van der Waals surface area contributed by atoms with Crippen LogP contribution < -0.4 is 4.74 Å². The first-order valence-electron chi connectivity index (χ1n) is 44.0. The Bertz CT molecular complexity index is 4930. The number of hydrogen-bond acceptors (Lipinski definition) is 5. The van der Waals surface area contributed by atoms with Crippen LogP contribution in [-0.2, 0) is 68.0 Å². The maximum atomic E-state index is 12.9. The number of aromatic nitrogens is 2. The zero-order chi connectivity index (χ0) is 102. The number of aryl methyl sites for hydroxylation is 6. The van der Waals surface area contributed by atoms with E-state index < -0.39 is 49.0 Å². The lowest BCUT2D eigenvalue weighted by Crippen LogP contribution is -2.24. The molecule has 0 aliphatic heterocycles. The highest BCUT2D eigenvalue weighted by Crippen LogP contribution is 2.43. The summed E-state index contributed by atoms with van der Waals surface area (Å²) in [7, 11) is -3.87. The quantitative estimate of drug-likeness (QED) is 0.0901. The largest absolute Gasteiger partial charge is 0.573 e. The molecule has 131 heavy (non-hydrogen) atoms. The number of thioether (sulfide) groups is 1. The minimum atomic E-state index is -5.42. The first kappa shape index (κ1) is 122. The Kier molecular flexibility index (Phi) is 46.8. The molecule has 8 aromatic carbocycles. The van der Waals surface area contributed by atoms with E-state index in [0.29, 0.717) is 51.7 Å². The highest BCUT2D eigenvalue weighted by molar-refractivity contribution is 8.00. The van der Waals surface area contributed by atoms with Crippen molar-refractivity contribution in [2.45, 2.75) is 326 Å². The molecule has 0 saturated carbocycles. The Morgan fingerprint density at radius 1 is 0.374 bits per heavy atom. The molecule has 0 radical (unpaired) electrons. The van der Waals surface area contributed by atoms with Gasteiger partial charge in [0.2, 0.25) is 0 Å². The second kappa shape index (κ2) is 50.2. The van der Waals surface area contributed by atoms with Crippen molar-refractivity contribution in [2.24, 2.45) is 55.8 Å². The third-order valence-electron chi connectivity index (χ3n) is 19.5. The van der Waals surface area contributed by atoms with Gasteiger partial charge in [0, 0.05) is 28.6 Å². The van der Waals surface area contributed by atoms with E-state index in [1.165, 1.54) is 91.2 Å². The van der Waals surface area contributed by atoms with Gasteiger partial charge in [-0.05, 0) is 256 Å². The predicted octanol–water partition coefficient (Wildman–Crippen LogP) is 36.8. The summed E-state index contributed by atoms with van der Waals surface area (Å²) >= 11 is 17.1. The van der Waals surface area contributed by atoms with E-state index in [1.807, 2.05) is 115 Å². The van der Waals surface area contributed by atoms with E-state index >= 15 is 0 Å². The average Bonchev–Trinajstić information content (AvgIpc) is 0.992. The smallest absolute Gasteiger partial charge is 0.406 e. The second-order valence-corrected chi connectivity index (χ2v) is 48.9. The average molecular weight is 1940 g/mol. The molecule has 0 N–H and O–H groups in total. The number of sulfone groups is 1. The van der Waals surface area contributed by atoms with Crippen molar-refractivity contribution in [1.82, 2.24) is 9.78 Å². The molecule has 1 heterocycles. The summed E-state index contributed by atoms with van der Waals surface area (Å²) in [6.07, 6.45) is -2.70. The van der Waals surface area contributed by atoms with Crippen LogP contribution in [-0.4, -0.2) is 35.6 Å². The summed E-state index contributed by atoms with van der Waals surface area (Å²) in [5.41, 5.74) is 6.84. The Hall–Kier alpha value is -6.97. The summed E-state index contributed by atoms with van der Waals surface area (Å²) in [5.74, 6) is 0.361. The van der Waals surface area contributed by atoms with Gasteiger partial charge in [-0.3, -0.25) is 4.68 Å². The zero-order valence-electron chi connectivity index (χ0n) is 84.3. The molecular formula is C108H150Cl3F13N2O3S2. The second-order valence-electron chi connectivity index (χ2n) is 44.7. The van der Waals surface area contributed by atoms with Crippen molar-refractivity contribution in [2.75, 3.05) is 0 Å². The number of ether oxygens (including phenoxy) is 1. The molecular weight excluding hydrogens is 1790 g/mol. The number of rotatable bonds is 12. The fourth-order valence-corrected chi connectivity index (χ4v) is 15.5. The van der Waals surface area contributed by atoms with Gasteiger partial charge < -0.3 is 4.74 Å². The zero-order valence-corrected chi connectivity index (χ0v) is 88.2. The van der Waals surface area contributed by atoms with Crippen molar-refractivity contribution < 1.29 is 70.2 Å². The monoisotopic (exact) mass is 1940 g/mol. The lowest BCUT2D eigenvalue weighted by molar-refractivity contribution is -0.274. The van der Waals surface area contributed by atoms with E-state index in [1.54, 1.807) is 31.3 Å². The first-order valence-corrected chi connectivity index (χ1v) is 47.4. The number of benzene rings is 8. The van der Waals surface area contributed by atoms with E-state index in [4.69, 9.17) is 34.8 Å². The molecule has 0 fully saturated rings. The van der Waals surface area contributed by atoms with Gasteiger partial charge in [0.05, 0.1) is 14.9 Å². The van der Waals surface area contributed by atoms with Gasteiger partial charge in [0.25, 0.3) is 9.84 Å². The Morgan fingerprint density at radius 3 is 1.03 bits per heavy atom. The standard InChI is InChI=1S/C13H20.C12H14ClF3O2S.C12H14ClF3S.C12H17Cl.C12H15F3O.C12H17F.2C12H18.C11H17F3N2/c1-10-7-6-8-12(9-10)11(2)13(3,4)5;1-11(2,3)7-8-4-5-9(13)10(6-8)19(17,18)12(14,15)16;1-11(2,3)7-8-4-5-9(13)10(6-8)17-12(14,15)16;1-9-7-10(5-6-11(9)13)8-12(2,3)4;1-11(2,3)8-9-5-4-6-10(7-9)16-12(13,14)15;1-9-7-10(5-6-11(9)13)8-12(2,3)4;2*1-10-6-5-7-11(8-10)9-12(2,3)4;1-7(10(2,3)4)8-6-9(11(12,13)14)15-16(8)5/h6-9,11H,1-5H3;4-6H,7H2,1-3H3;4-6H,7H2,1-3H3;5-7H,8H2,1-4H3;4-7H,8H2,1-3H3;5-7H,8H2,1-4H3;2*5-8H,9H2,1-4H3;6-7H,1-5H3. The third-order valence-corrected chi connectivity index (χ3v) is 23.1. The third kappa shape index (κ3) is 53.8. The summed E-state index contributed by atoms with van der Waals surface area (Å²) in [6.45, 7) is 72.2. The molecule has 0 aliphatic rings. The van der Waals surface area contributed by atoms with Gasteiger partial charge in [-0.1, -0.05) is 374 Å². The number of hydrogen-bond donors (Lipinski definition) is 0. The van der Waals surface area contributed by atoms with Gasteiger partial charge in [-0.25, -0.2) is 12.8 Å². The topological polar surface area (TPSA) is 61.2 Å². The lowest BCUT2D eigenvalue weighted by atomic mass is 9.77. The summed E-state index contributed by atoms with van der Waals surface area (Å²) < 4.78 is 189. The molecule has 23 heteroatoms. The van der Waals surface area contributed by atoms with E-state index in [-0.39, 0.29) is 66.2 Å². The van der Waals surface area contributed by atoms with Crippen molar-refractivity contribution >= 4 is 56.4 Å². The highest BCUT2D eigenvalue weighted by Gasteiger charge is 2.48. The van der Waals surface area contributed by atoms with Crippen molar-refractivity contribution in [1.29, 1.82) is 0 Å². The maximum Gasteiger partial charge on any atom is 0.573 e. The van der Waals surface area contributed by atoms with Gasteiger partial charge in [-0.15, -0.1) is 13.2 Å². The van der Waals surface area contributed by atoms with E-state index in [2.05, 4.69) is 233 Å². The number of nitrogens with zero attached hydrogens (tertiary/aromatic N) is 2. The fraction of sp³-hybridized carbons (Fsp3) is 0.528. The van der Waals surface area contributed by atoms with Gasteiger partial charge in [0.1, 0.15) is 11.6 Å². The van der Waals surface area contributed by atoms with Crippen molar-refractivity contribution in [3.05, 3.63) is 281 Å². The lowest BCUT2D eigenvalue weighted by Gasteiger charge is -2.27. The first-order chi connectivity index (χ1) is 58.7. The fourth-order valence-electron chi connectivity index (χ4n) is 13.2. The van der Waals surface area contributed by atoms with Crippen LogP contribution in [0.4, 0.5) is 57.1 Å². The molecule has 0 spiro atoms. The van der Waals surface area contributed by atoms with Crippen LogP contribution in [0.3, 0.4) is 0 Å². The highest BCUT2D eigenvalue weighted by atomic mass is 35.5. The molecule has 2 atom stereocenters. The number of halogens is 16. The minimum absolute atomic E-state index is 0.0149. The minimum Gasteiger partial charge on any atom is -0.406 e. The van der Waals surface area contributed by atoms with E-state index in [0.717, 1.165) is 65.9 Å². The van der Waals surface area contributed by atoms with Crippen LogP contribution in [0.1, 0.15) is 296 Å². The summed E-state index contributed by atoms with van der Waals surface area (Å²) in [4.78, 5) is -0.815. The van der Waals surface area contributed by atoms with Gasteiger partial charge >= 0.3 is 23.6 Å². The van der Waals surface area contributed by atoms with Gasteiger partial charge in [0.15, 0.2) is 5.69 Å². The Labute approximate surface area is 798 Å². The molecule has 0 aliphatic carbocycles. The van der Waals surface area contributed by atoms with Crippen LogP contribution in [0.15, 0.2) is 186 Å². The SMILES string of the molecule is CC(C)(C)Cc1ccc(Cl)c(S(=O)(=O)C(F)(F)F)c1.CC(C)(C)Cc1ccc(Cl)c(SC(F)(F)F)c1.CC(C)(C)Cc1cccc(OC(F)(F)F)c1.CC(c1cc(C(F)(F)F)nn1C)C(C)(C)C.Cc1cc(CC(C)(C)C)ccc1Cl.Cc1cc(CC(C)(C)C)ccc1F.Cc1cccc(C(C)C(C)(C)C)c1.Cc1cccc(CC(C)(C)C)c1.Cc1cccc(CC(C)(C)C)c1. The summed E-state index contributed by atoms with van der Waals surface area (Å²) in [6, 6.07) is 53.7. The Morgan fingerprint density at radius 2 is 0.702 bits per heavy atom. The molecule has 9 rings (SSSR count). The molecule has 0 saturated heterocycles.